The normalized spacial score (nSPS) is 15.8. The molecule has 1 N–H and O–H groups in total. The lowest BCUT2D eigenvalue weighted by atomic mass is 10.1. The highest BCUT2D eigenvalue weighted by molar-refractivity contribution is 8.18. The molecule has 1 heterocycles. The molecule has 0 aromatic heterocycles. The lowest BCUT2D eigenvalue weighted by Gasteiger charge is -2.12. The molecule has 1 aliphatic heterocycles. The molecule has 1 fully saturated rings. The molecule has 1 saturated heterocycles. The van der Waals surface area contributed by atoms with Crippen molar-refractivity contribution < 1.29 is 23.8 Å². The van der Waals surface area contributed by atoms with Crippen LogP contribution in [0.3, 0.4) is 0 Å². The number of aromatic carboxylic acids is 1. The predicted molar refractivity (Wildman–Crippen MR) is 131 cm³/mol. The molecule has 0 saturated carbocycles. The average molecular weight is 477 g/mol. The zero-order valence-electron chi connectivity index (χ0n) is 18.3. The Morgan fingerprint density at radius 1 is 1.09 bits per heavy atom. The van der Waals surface area contributed by atoms with Gasteiger partial charge in [0.25, 0.3) is 5.91 Å². The third-order valence-corrected chi connectivity index (χ3v) is 6.10. The lowest BCUT2D eigenvalue weighted by Crippen LogP contribution is -2.28. The number of ether oxygens (including phenoxy) is 1. The van der Waals surface area contributed by atoms with Crippen molar-refractivity contribution in [2.75, 3.05) is 6.54 Å². The molecule has 34 heavy (non-hydrogen) atoms. The predicted octanol–water partition coefficient (Wildman–Crippen LogP) is 5.73. The Morgan fingerprint density at radius 3 is 2.50 bits per heavy atom. The molecule has 0 spiro atoms. The van der Waals surface area contributed by atoms with E-state index in [2.05, 4.69) is 4.99 Å². The summed E-state index contributed by atoms with van der Waals surface area (Å²) in [5, 5.41) is 9.57. The summed E-state index contributed by atoms with van der Waals surface area (Å²) in [6, 6.07) is 19.8. The number of para-hydroxylation sites is 1. The summed E-state index contributed by atoms with van der Waals surface area (Å²) < 4.78 is 19.8. The maximum Gasteiger partial charge on any atom is 0.335 e. The van der Waals surface area contributed by atoms with E-state index in [0.29, 0.717) is 39.2 Å². The van der Waals surface area contributed by atoms with Gasteiger partial charge in [0.2, 0.25) is 0 Å². The number of amidine groups is 1. The number of hydrogen-bond acceptors (Lipinski definition) is 5. The standard InChI is InChI=1S/C26H21FN2O4S/c1-2-29-24(30)23(34-26(29)28-20-13-11-17(12-14-20)25(31)32)15-18-7-4-6-10-22(18)33-16-19-8-3-5-9-21(19)27/h3-15H,2,16H2,1H3,(H,31,32)/b23-15-,28-26?. The van der Waals surface area contributed by atoms with Gasteiger partial charge in [-0.15, -0.1) is 0 Å². The molecule has 172 valence electrons. The van der Waals surface area contributed by atoms with Crippen LogP contribution in [0.5, 0.6) is 5.75 Å². The van der Waals surface area contributed by atoms with Crippen molar-refractivity contribution in [1.29, 1.82) is 0 Å². The number of aliphatic imine (C=N–C) groups is 1. The summed E-state index contributed by atoms with van der Waals surface area (Å²) in [6.07, 6.45) is 1.74. The second-order valence-corrected chi connectivity index (χ2v) is 8.33. The minimum Gasteiger partial charge on any atom is -0.488 e. The van der Waals surface area contributed by atoms with E-state index in [4.69, 9.17) is 9.84 Å². The third-order valence-electron chi connectivity index (χ3n) is 5.09. The van der Waals surface area contributed by atoms with Gasteiger partial charge in [-0.2, -0.15) is 0 Å². The van der Waals surface area contributed by atoms with Gasteiger partial charge in [0.1, 0.15) is 18.2 Å². The van der Waals surface area contributed by atoms with Gasteiger partial charge in [-0.3, -0.25) is 9.69 Å². The first-order valence-corrected chi connectivity index (χ1v) is 11.4. The zero-order valence-corrected chi connectivity index (χ0v) is 19.1. The minimum absolute atomic E-state index is 0.0636. The Balaban J connectivity index is 1.58. The monoisotopic (exact) mass is 476 g/mol. The molecule has 0 bridgehead atoms. The smallest absolute Gasteiger partial charge is 0.335 e. The number of amides is 1. The molecule has 6 nitrogen and oxygen atoms in total. The van der Waals surface area contributed by atoms with Crippen LogP contribution in [0.2, 0.25) is 0 Å². The fraction of sp³-hybridized carbons (Fsp3) is 0.115. The second kappa shape index (κ2) is 10.4. The number of halogens is 1. The van der Waals surface area contributed by atoms with Gasteiger partial charge in [0.05, 0.1) is 16.2 Å². The molecule has 0 atom stereocenters. The first-order chi connectivity index (χ1) is 16.5. The van der Waals surface area contributed by atoms with Gasteiger partial charge in [-0.05, 0) is 61.2 Å². The summed E-state index contributed by atoms with van der Waals surface area (Å²) in [4.78, 5) is 30.6. The van der Waals surface area contributed by atoms with Crippen LogP contribution in [0.15, 0.2) is 82.7 Å². The van der Waals surface area contributed by atoms with Gasteiger partial charge in [0.15, 0.2) is 5.17 Å². The van der Waals surface area contributed by atoms with E-state index in [0.717, 1.165) is 0 Å². The van der Waals surface area contributed by atoms with E-state index >= 15 is 0 Å². The third kappa shape index (κ3) is 5.18. The first-order valence-electron chi connectivity index (χ1n) is 10.5. The van der Waals surface area contributed by atoms with Crippen molar-refractivity contribution in [3.8, 4) is 5.75 Å². The van der Waals surface area contributed by atoms with Gasteiger partial charge in [0, 0.05) is 17.7 Å². The van der Waals surface area contributed by atoms with Crippen molar-refractivity contribution >= 4 is 40.6 Å². The van der Waals surface area contributed by atoms with Crippen LogP contribution in [0.1, 0.15) is 28.4 Å². The summed E-state index contributed by atoms with van der Waals surface area (Å²) >= 11 is 1.23. The minimum atomic E-state index is -1.01. The van der Waals surface area contributed by atoms with Gasteiger partial charge in [-0.25, -0.2) is 14.2 Å². The molecule has 3 aromatic carbocycles. The maximum atomic E-state index is 13.9. The number of thioether (sulfide) groups is 1. The van der Waals surface area contributed by atoms with Crippen LogP contribution >= 0.6 is 11.8 Å². The number of carboxylic acid groups (broad SMARTS) is 1. The number of rotatable bonds is 7. The number of nitrogens with zero attached hydrogens (tertiary/aromatic N) is 2. The van der Waals surface area contributed by atoms with E-state index in [1.807, 2.05) is 25.1 Å². The average Bonchev–Trinajstić information content (AvgIpc) is 3.13. The Morgan fingerprint density at radius 2 is 1.79 bits per heavy atom. The van der Waals surface area contributed by atoms with Crippen LogP contribution < -0.4 is 4.74 Å². The van der Waals surface area contributed by atoms with Gasteiger partial charge in [-0.1, -0.05) is 36.4 Å². The highest BCUT2D eigenvalue weighted by Gasteiger charge is 2.32. The summed E-state index contributed by atoms with van der Waals surface area (Å²) in [7, 11) is 0. The lowest BCUT2D eigenvalue weighted by molar-refractivity contribution is -0.122. The maximum absolute atomic E-state index is 13.9. The molecule has 0 unspecified atom stereocenters. The molecule has 1 amide bonds. The van der Waals surface area contributed by atoms with Crippen LogP contribution in [-0.2, 0) is 11.4 Å². The Bertz CT molecular complexity index is 1290. The molecule has 0 aliphatic carbocycles. The first kappa shape index (κ1) is 23.3. The summed E-state index contributed by atoms with van der Waals surface area (Å²) in [5.74, 6) is -1.00. The Labute approximate surface area is 200 Å². The van der Waals surface area contributed by atoms with Crippen molar-refractivity contribution in [2.24, 2.45) is 4.99 Å². The summed E-state index contributed by atoms with van der Waals surface area (Å²) in [5.41, 5.74) is 1.85. The fourth-order valence-corrected chi connectivity index (χ4v) is 4.36. The topological polar surface area (TPSA) is 79.2 Å². The van der Waals surface area contributed by atoms with E-state index < -0.39 is 5.97 Å². The van der Waals surface area contributed by atoms with E-state index in [-0.39, 0.29) is 23.9 Å². The van der Waals surface area contributed by atoms with Crippen molar-refractivity contribution in [3.05, 3.63) is 100 Å². The molecular formula is C26H21FN2O4S. The van der Waals surface area contributed by atoms with Crippen molar-refractivity contribution in [3.63, 3.8) is 0 Å². The van der Waals surface area contributed by atoms with Crippen molar-refractivity contribution in [2.45, 2.75) is 13.5 Å². The summed E-state index contributed by atoms with van der Waals surface area (Å²) in [6.45, 7) is 2.35. The number of carbonyl (C=O) groups excluding carboxylic acids is 1. The molecule has 8 heteroatoms. The highest BCUT2D eigenvalue weighted by atomic mass is 32.2. The highest BCUT2D eigenvalue weighted by Crippen LogP contribution is 2.35. The van der Waals surface area contributed by atoms with E-state index in [1.54, 1.807) is 47.4 Å². The molecule has 4 rings (SSSR count). The Hall–Kier alpha value is -3.91. The van der Waals surface area contributed by atoms with Crippen LogP contribution in [0.4, 0.5) is 10.1 Å². The number of likely N-dealkylation sites (N-methyl/N-ethyl adjacent to an activating group) is 1. The van der Waals surface area contributed by atoms with E-state index in [9.17, 15) is 14.0 Å². The second-order valence-electron chi connectivity index (χ2n) is 7.32. The molecule has 1 aliphatic rings. The van der Waals surface area contributed by atoms with Crippen LogP contribution in [0, 0.1) is 5.82 Å². The largest absolute Gasteiger partial charge is 0.488 e. The number of carbonyl (C=O) groups is 2. The molecule has 3 aromatic rings. The van der Waals surface area contributed by atoms with Crippen molar-refractivity contribution in [1.82, 2.24) is 4.90 Å². The van der Waals surface area contributed by atoms with Crippen LogP contribution in [-0.4, -0.2) is 33.6 Å². The van der Waals surface area contributed by atoms with Gasteiger partial charge < -0.3 is 9.84 Å². The number of hydrogen-bond donors (Lipinski definition) is 1. The zero-order chi connectivity index (χ0) is 24.1. The van der Waals surface area contributed by atoms with Crippen LogP contribution in [0.25, 0.3) is 6.08 Å². The quantitative estimate of drug-likeness (QED) is 0.441. The number of benzene rings is 3. The SMILES string of the molecule is CCN1C(=O)/C(=C/c2ccccc2OCc2ccccc2F)SC1=Nc1ccc(C(=O)O)cc1. The Kier molecular flexibility index (Phi) is 7.08. The number of carboxylic acids is 1. The van der Waals surface area contributed by atoms with E-state index in [1.165, 1.54) is 30.0 Å². The molecular weight excluding hydrogens is 455 g/mol. The van der Waals surface area contributed by atoms with Gasteiger partial charge >= 0.3 is 5.97 Å². The fourth-order valence-electron chi connectivity index (χ4n) is 3.30. The molecule has 0 radical (unpaired) electrons.